The maximum absolute atomic E-state index is 6.80. The highest BCUT2D eigenvalue weighted by molar-refractivity contribution is 6.25. The van der Waals surface area contributed by atoms with Crippen molar-refractivity contribution in [1.82, 2.24) is 0 Å². The lowest BCUT2D eigenvalue weighted by Crippen LogP contribution is -1.91. The first-order valence-corrected chi connectivity index (χ1v) is 16.6. The van der Waals surface area contributed by atoms with Gasteiger partial charge in [-0.1, -0.05) is 121 Å². The van der Waals surface area contributed by atoms with Crippen LogP contribution in [0.5, 0.6) is 0 Å². The lowest BCUT2D eigenvalue weighted by atomic mass is 9.85. The third-order valence-corrected chi connectivity index (χ3v) is 10.1. The molecule has 0 aliphatic carbocycles. The standard InChI is InChI=1S/C46H26O3/c1-2-11-27(12-3-1)40-24-29-25-43-38(26-41(29)48-40)36-18-10-19-37(46(36)49-43)45-34-16-6-4-14-32(34)44(33-15-5-7-17-35(33)45)28-21-22-31-30-13-8-9-20-39(30)47-42(31)23-28/h1-26H. The molecule has 0 unspecified atom stereocenters. The van der Waals surface area contributed by atoms with E-state index < -0.39 is 0 Å². The van der Waals surface area contributed by atoms with Gasteiger partial charge in [0, 0.05) is 43.6 Å². The number of furan rings is 3. The van der Waals surface area contributed by atoms with Gasteiger partial charge in [0.1, 0.15) is 33.7 Å². The summed E-state index contributed by atoms with van der Waals surface area (Å²) in [6.45, 7) is 0. The molecule has 3 nitrogen and oxygen atoms in total. The van der Waals surface area contributed by atoms with E-state index in [0.717, 1.165) is 77.3 Å². The fourth-order valence-electron chi connectivity index (χ4n) is 7.88. The maximum atomic E-state index is 6.80. The van der Waals surface area contributed by atoms with Crippen LogP contribution in [0, 0.1) is 0 Å². The Morgan fingerprint density at radius 2 is 0.939 bits per heavy atom. The van der Waals surface area contributed by atoms with Gasteiger partial charge >= 0.3 is 0 Å². The van der Waals surface area contributed by atoms with Crippen LogP contribution < -0.4 is 0 Å². The molecule has 0 saturated heterocycles. The number of rotatable bonds is 3. The molecule has 228 valence electrons. The first kappa shape index (κ1) is 26.5. The third kappa shape index (κ3) is 3.84. The molecule has 0 saturated carbocycles. The van der Waals surface area contributed by atoms with Crippen LogP contribution in [0.15, 0.2) is 171 Å². The van der Waals surface area contributed by atoms with E-state index in [9.17, 15) is 0 Å². The molecular formula is C46H26O3. The zero-order chi connectivity index (χ0) is 32.1. The predicted molar refractivity (Wildman–Crippen MR) is 202 cm³/mol. The summed E-state index contributed by atoms with van der Waals surface area (Å²) in [4.78, 5) is 0. The van der Waals surface area contributed by atoms with Crippen LogP contribution >= 0.6 is 0 Å². The molecule has 3 heteroatoms. The van der Waals surface area contributed by atoms with Crippen LogP contribution in [0.25, 0.3) is 110 Å². The number of hydrogen-bond acceptors (Lipinski definition) is 3. The molecule has 11 aromatic rings. The van der Waals surface area contributed by atoms with Gasteiger partial charge < -0.3 is 13.3 Å². The van der Waals surface area contributed by atoms with Crippen molar-refractivity contribution >= 4 is 76.4 Å². The Morgan fingerprint density at radius 1 is 0.306 bits per heavy atom. The summed E-state index contributed by atoms with van der Waals surface area (Å²) < 4.78 is 19.5. The minimum absolute atomic E-state index is 0.847. The predicted octanol–water partition coefficient (Wildman–Crippen LogP) is 13.5. The summed E-state index contributed by atoms with van der Waals surface area (Å²) in [6.07, 6.45) is 0. The highest BCUT2D eigenvalue weighted by Gasteiger charge is 2.21. The quantitative estimate of drug-likeness (QED) is 0.183. The number of para-hydroxylation sites is 2. The van der Waals surface area contributed by atoms with Gasteiger partial charge in [-0.3, -0.25) is 0 Å². The average Bonchev–Trinajstić information content (AvgIpc) is 3.85. The van der Waals surface area contributed by atoms with E-state index in [-0.39, 0.29) is 0 Å². The Hall–Kier alpha value is -6.58. The largest absolute Gasteiger partial charge is 0.456 e. The summed E-state index contributed by atoms with van der Waals surface area (Å²) in [7, 11) is 0. The Labute approximate surface area is 280 Å². The van der Waals surface area contributed by atoms with E-state index in [2.05, 4.69) is 127 Å². The smallest absolute Gasteiger partial charge is 0.143 e. The van der Waals surface area contributed by atoms with E-state index in [1.165, 1.54) is 32.7 Å². The van der Waals surface area contributed by atoms with E-state index in [4.69, 9.17) is 13.3 Å². The fraction of sp³-hybridized carbons (Fsp3) is 0. The van der Waals surface area contributed by atoms with Gasteiger partial charge in [0.2, 0.25) is 0 Å². The van der Waals surface area contributed by atoms with Crippen molar-refractivity contribution in [3.63, 3.8) is 0 Å². The molecule has 0 fully saturated rings. The molecule has 0 N–H and O–H groups in total. The van der Waals surface area contributed by atoms with Crippen LogP contribution in [0.1, 0.15) is 0 Å². The van der Waals surface area contributed by atoms with Crippen LogP contribution in [0.4, 0.5) is 0 Å². The van der Waals surface area contributed by atoms with Crippen molar-refractivity contribution in [3.05, 3.63) is 158 Å². The summed E-state index contributed by atoms with van der Waals surface area (Å²) in [5.41, 5.74) is 9.99. The molecule has 11 rings (SSSR count). The minimum atomic E-state index is 0.847. The molecule has 3 heterocycles. The number of hydrogen-bond donors (Lipinski definition) is 0. The zero-order valence-corrected chi connectivity index (χ0v) is 26.2. The molecule has 0 amide bonds. The summed E-state index contributed by atoms with van der Waals surface area (Å²) in [5.74, 6) is 0.853. The lowest BCUT2D eigenvalue weighted by molar-refractivity contribution is 0.631. The second kappa shape index (κ2) is 9.96. The van der Waals surface area contributed by atoms with Gasteiger partial charge in [0.25, 0.3) is 0 Å². The summed E-state index contributed by atoms with van der Waals surface area (Å²) in [5, 5.41) is 10.1. The highest BCUT2D eigenvalue weighted by atomic mass is 16.3. The molecular weight excluding hydrogens is 601 g/mol. The Balaban J connectivity index is 1.16. The van der Waals surface area contributed by atoms with E-state index in [1.54, 1.807) is 0 Å². The molecule has 0 aliphatic rings. The Morgan fingerprint density at radius 3 is 1.71 bits per heavy atom. The normalized spacial score (nSPS) is 12.1. The molecule has 49 heavy (non-hydrogen) atoms. The van der Waals surface area contributed by atoms with Gasteiger partial charge in [-0.2, -0.15) is 0 Å². The van der Waals surface area contributed by atoms with Crippen LogP contribution in [0.2, 0.25) is 0 Å². The van der Waals surface area contributed by atoms with Gasteiger partial charge in [-0.25, -0.2) is 0 Å². The Kier molecular flexibility index (Phi) is 5.38. The van der Waals surface area contributed by atoms with Crippen LogP contribution in [0.3, 0.4) is 0 Å². The van der Waals surface area contributed by atoms with Crippen molar-refractivity contribution in [3.8, 4) is 33.6 Å². The third-order valence-electron chi connectivity index (χ3n) is 10.1. The fourth-order valence-corrected chi connectivity index (χ4v) is 7.88. The van der Waals surface area contributed by atoms with Gasteiger partial charge in [0.15, 0.2) is 0 Å². The second-order valence-corrected chi connectivity index (χ2v) is 12.8. The summed E-state index contributed by atoms with van der Waals surface area (Å²) >= 11 is 0. The van der Waals surface area contributed by atoms with Gasteiger partial charge in [0.05, 0.1) is 0 Å². The first-order valence-electron chi connectivity index (χ1n) is 16.6. The molecule has 0 atom stereocenters. The molecule has 8 aromatic carbocycles. The first-order chi connectivity index (χ1) is 24.3. The zero-order valence-electron chi connectivity index (χ0n) is 26.2. The molecule has 0 aliphatic heterocycles. The lowest BCUT2D eigenvalue weighted by Gasteiger charge is -2.17. The van der Waals surface area contributed by atoms with E-state index >= 15 is 0 Å². The van der Waals surface area contributed by atoms with Crippen molar-refractivity contribution in [1.29, 1.82) is 0 Å². The van der Waals surface area contributed by atoms with Crippen molar-refractivity contribution in [2.24, 2.45) is 0 Å². The topological polar surface area (TPSA) is 39.4 Å². The van der Waals surface area contributed by atoms with Crippen molar-refractivity contribution < 1.29 is 13.3 Å². The second-order valence-electron chi connectivity index (χ2n) is 12.8. The maximum Gasteiger partial charge on any atom is 0.143 e. The monoisotopic (exact) mass is 626 g/mol. The average molecular weight is 627 g/mol. The van der Waals surface area contributed by atoms with Crippen LogP contribution in [-0.2, 0) is 0 Å². The van der Waals surface area contributed by atoms with Crippen molar-refractivity contribution in [2.75, 3.05) is 0 Å². The number of benzene rings is 8. The van der Waals surface area contributed by atoms with Gasteiger partial charge in [-0.15, -0.1) is 0 Å². The van der Waals surface area contributed by atoms with E-state index in [1.807, 2.05) is 30.3 Å². The highest BCUT2D eigenvalue weighted by Crippen LogP contribution is 2.47. The molecule has 3 aromatic heterocycles. The van der Waals surface area contributed by atoms with Crippen molar-refractivity contribution in [2.45, 2.75) is 0 Å². The van der Waals surface area contributed by atoms with Crippen LogP contribution in [-0.4, -0.2) is 0 Å². The minimum Gasteiger partial charge on any atom is -0.456 e. The number of fused-ring (bicyclic) bond motifs is 9. The SMILES string of the molecule is c1ccc(-c2cc3cc4oc5c(-c6c7ccccc7c(-c7ccc8c(c7)oc7ccccc78)c7ccccc67)cccc5c4cc3o2)cc1. The Bertz CT molecular complexity index is 3040. The summed E-state index contributed by atoms with van der Waals surface area (Å²) in [6, 6.07) is 55.4. The molecule has 0 radical (unpaired) electrons. The molecule has 0 spiro atoms. The molecule has 0 bridgehead atoms. The van der Waals surface area contributed by atoms with E-state index in [0.29, 0.717) is 0 Å². The van der Waals surface area contributed by atoms with Gasteiger partial charge in [-0.05, 0) is 69.1 Å².